The van der Waals surface area contributed by atoms with Crippen LogP contribution in [0.15, 0.2) is 36.5 Å². The van der Waals surface area contributed by atoms with Crippen LogP contribution in [0.2, 0.25) is 0 Å². The number of halogens is 6. The average molecular weight is 416 g/mol. The van der Waals surface area contributed by atoms with Crippen molar-refractivity contribution in [2.75, 3.05) is 13.2 Å². The van der Waals surface area contributed by atoms with E-state index in [9.17, 15) is 31.1 Å². The Labute approximate surface area is 161 Å². The Morgan fingerprint density at radius 3 is 2.17 bits per heavy atom. The lowest BCUT2D eigenvalue weighted by Gasteiger charge is -2.13. The van der Waals surface area contributed by atoms with Crippen molar-refractivity contribution in [2.24, 2.45) is 0 Å². The fourth-order valence-corrected chi connectivity index (χ4v) is 2.09. The quantitative estimate of drug-likeness (QED) is 0.599. The van der Waals surface area contributed by atoms with Gasteiger partial charge in [0.1, 0.15) is 12.4 Å². The molecule has 29 heavy (non-hydrogen) atoms. The summed E-state index contributed by atoms with van der Waals surface area (Å²) in [5.74, 6) is 4.40. The highest BCUT2D eigenvalue weighted by Gasteiger charge is 2.37. The van der Waals surface area contributed by atoms with Crippen LogP contribution < -0.4 is 10.1 Å². The largest absolute Gasteiger partial charge is 0.479 e. The lowest BCUT2D eigenvalue weighted by atomic mass is 10.0. The third-order valence-corrected chi connectivity index (χ3v) is 3.51. The summed E-state index contributed by atoms with van der Waals surface area (Å²) in [7, 11) is 0. The average Bonchev–Trinajstić information content (AvgIpc) is 2.64. The lowest BCUT2D eigenvalue weighted by Crippen LogP contribution is -2.25. The Morgan fingerprint density at radius 2 is 1.66 bits per heavy atom. The number of benzene rings is 1. The van der Waals surface area contributed by atoms with Gasteiger partial charge in [0.25, 0.3) is 5.91 Å². The molecule has 154 valence electrons. The molecular weight excluding hydrogens is 402 g/mol. The van der Waals surface area contributed by atoms with Crippen LogP contribution in [0.5, 0.6) is 5.75 Å². The summed E-state index contributed by atoms with van der Waals surface area (Å²) < 4.78 is 82.1. The van der Waals surface area contributed by atoms with E-state index in [0.717, 1.165) is 5.69 Å². The first-order valence-electron chi connectivity index (χ1n) is 8.05. The summed E-state index contributed by atoms with van der Waals surface area (Å²) in [5, 5.41) is 2.15. The lowest BCUT2D eigenvalue weighted by molar-refractivity contribution is -0.143. The minimum absolute atomic E-state index is 0.0393. The predicted octanol–water partition coefficient (Wildman–Crippen LogP) is 4.24. The molecule has 0 aliphatic heterocycles. The first-order chi connectivity index (χ1) is 13.5. The molecule has 1 aromatic heterocycles. The molecule has 0 radical (unpaired) electrons. The Bertz CT molecular complexity index is 893. The van der Waals surface area contributed by atoms with Gasteiger partial charge >= 0.3 is 12.4 Å². The maximum absolute atomic E-state index is 12.8. The number of hydrogen-bond donors (Lipinski definition) is 1. The normalized spacial score (nSPS) is 11.4. The molecule has 0 fully saturated rings. The first kappa shape index (κ1) is 22.1. The Morgan fingerprint density at radius 1 is 1.03 bits per heavy atom. The Kier molecular flexibility index (Phi) is 6.74. The second-order valence-electron chi connectivity index (χ2n) is 5.75. The van der Waals surface area contributed by atoms with Gasteiger partial charge in [0.15, 0.2) is 0 Å². The summed E-state index contributed by atoms with van der Waals surface area (Å²) >= 11 is 0. The number of amides is 1. The van der Waals surface area contributed by atoms with Crippen molar-refractivity contribution in [2.45, 2.75) is 19.3 Å². The molecule has 1 amide bonds. The minimum Gasteiger partial charge on any atom is -0.479 e. The highest BCUT2D eigenvalue weighted by Crippen LogP contribution is 2.36. The van der Waals surface area contributed by atoms with Gasteiger partial charge in [-0.05, 0) is 37.3 Å². The fraction of sp³-hybridized carbons (Fsp3) is 0.263. The number of pyridine rings is 1. The second-order valence-corrected chi connectivity index (χ2v) is 5.75. The molecule has 1 N–H and O–H groups in total. The molecule has 0 saturated heterocycles. The SMILES string of the molecule is Cc1ccc(OCC#CCNC(=O)c2cc(C(F)(F)F)cc(C(F)(F)F)c2)cn1. The summed E-state index contributed by atoms with van der Waals surface area (Å²) in [6.45, 7) is 1.47. The van der Waals surface area contributed by atoms with E-state index in [1.165, 1.54) is 6.20 Å². The third-order valence-electron chi connectivity index (χ3n) is 3.51. The molecule has 0 spiro atoms. The molecule has 1 aromatic carbocycles. The molecule has 0 aliphatic rings. The van der Waals surface area contributed by atoms with Gasteiger partial charge in [-0.25, -0.2) is 0 Å². The van der Waals surface area contributed by atoms with Crippen LogP contribution in [0.1, 0.15) is 27.2 Å². The van der Waals surface area contributed by atoms with Crippen LogP contribution in [0, 0.1) is 18.8 Å². The highest BCUT2D eigenvalue weighted by molar-refractivity contribution is 5.94. The zero-order chi connectivity index (χ0) is 21.7. The van der Waals surface area contributed by atoms with E-state index in [1.807, 2.05) is 0 Å². The molecule has 2 rings (SSSR count). The van der Waals surface area contributed by atoms with Crippen molar-refractivity contribution in [3.63, 3.8) is 0 Å². The molecule has 2 aromatic rings. The Hall–Kier alpha value is -3.22. The predicted molar refractivity (Wildman–Crippen MR) is 91.0 cm³/mol. The van der Waals surface area contributed by atoms with Gasteiger partial charge in [0.05, 0.1) is 23.9 Å². The number of aryl methyl sites for hydroxylation is 1. The number of ether oxygens (including phenoxy) is 1. The highest BCUT2D eigenvalue weighted by atomic mass is 19.4. The van der Waals surface area contributed by atoms with Gasteiger partial charge < -0.3 is 10.1 Å². The van der Waals surface area contributed by atoms with Crippen LogP contribution in [0.3, 0.4) is 0 Å². The van der Waals surface area contributed by atoms with E-state index < -0.39 is 35.0 Å². The number of alkyl halides is 6. The summed E-state index contributed by atoms with van der Waals surface area (Å²) in [4.78, 5) is 15.9. The molecule has 1 heterocycles. The first-order valence-corrected chi connectivity index (χ1v) is 8.05. The van der Waals surface area contributed by atoms with Crippen molar-refractivity contribution >= 4 is 5.91 Å². The standard InChI is InChI=1S/C19H14F6N2O2/c1-12-4-5-16(11-27-12)29-7-3-2-6-26-17(28)13-8-14(18(20,21)22)10-15(9-13)19(23,24)25/h4-5,8-11H,6-7H2,1H3,(H,26,28). The van der Waals surface area contributed by atoms with Crippen LogP contribution >= 0.6 is 0 Å². The van der Waals surface area contributed by atoms with Gasteiger partial charge in [-0.2, -0.15) is 26.3 Å². The number of hydrogen-bond acceptors (Lipinski definition) is 3. The van der Waals surface area contributed by atoms with Crippen LogP contribution in [0.4, 0.5) is 26.3 Å². The van der Waals surface area contributed by atoms with Crippen molar-refractivity contribution in [1.29, 1.82) is 0 Å². The van der Waals surface area contributed by atoms with Crippen LogP contribution in [0.25, 0.3) is 0 Å². The molecule has 0 unspecified atom stereocenters. The van der Waals surface area contributed by atoms with Crippen LogP contribution in [-0.4, -0.2) is 24.0 Å². The molecule has 4 nitrogen and oxygen atoms in total. The number of rotatable bonds is 4. The molecule has 10 heteroatoms. The maximum atomic E-state index is 12.8. The van der Waals surface area contributed by atoms with Gasteiger partial charge in [-0.15, -0.1) is 0 Å². The molecular formula is C19H14F6N2O2. The number of carbonyl (C=O) groups excluding carboxylic acids is 1. The van der Waals surface area contributed by atoms with E-state index >= 15 is 0 Å². The van der Waals surface area contributed by atoms with Crippen molar-refractivity contribution in [3.8, 4) is 17.6 Å². The van der Waals surface area contributed by atoms with Gasteiger partial charge in [0, 0.05) is 11.3 Å². The fourth-order valence-electron chi connectivity index (χ4n) is 2.09. The molecule has 0 atom stereocenters. The number of nitrogens with one attached hydrogen (secondary N) is 1. The van der Waals surface area contributed by atoms with Crippen LogP contribution in [-0.2, 0) is 12.4 Å². The summed E-state index contributed by atoms with van der Waals surface area (Å²) in [5.41, 5.74) is -3.10. The number of aromatic nitrogens is 1. The minimum atomic E-state index is -5.03. The van der Waals surface area contributed by atoms with Gasteiger partial charge in [-0.1, -0.05) is 11.8 Å². The van der Waals surface area contributed by atoms with Gasteiger partial charge in [0.2, 0.25) is 0 Å². The zero-order valence-electron chi connectivity index (χ0n) is 14.9. The summed E-state index contributed by atoms with van der Waals surface area (Å²) in [6, 6.07) is 4.07. The molecule has 0 aliphatic carbocycles. The van der Waals surface area contributed by atoms with E-state index in [4.69, 9.17) is 4.74 Å². The van der Waals surface area contributed by atoms with E-state index in [-0.39, 0.29) is 19.2 Å². The van der Waals surface area contributed by atoms with Crippen molar-refractivity contribution < 1.29 is 35.9 Å². The number of nitrogens with zero attached hydrogens (tertiary/aromatic N) is 1. The van der Waals surface area contributed by atoms with E-state index in [2.05, 4.69) is 22.1 Å². The summed E-state index contributed by atoms with van der Waals surface area (Å²) in [6.07, 6.45) is -8.57. The molecule has 0 bridgehead atoms. The number of carbonyl (C=O) groups is 1. The van der Waals surface area contributed by atoms with E-state index in [0.29, 0.717) is 17.9 Å². The van der Waals surface area contributed by atoms with Gasteiger partial charge in [-0.3, -0.25) is 9.78 Å². The molecule has 0 saturated carbocycles. The Balaban J connectivity index is 1.99. The zero-order valence-corrected chi connectivity index (χ0v) is 14.9. The smallest absolute Gasteiger partial charge is 0.416 e. The van der Waals surface area contributed by atoms with Crippen molar-refractivity contribution in [3.05, 3.63) is 58.9 Å². The van der Waals surface area contributed by atoms with Crippen molar-refractivity contribution in [1.82, 2.24) is 10.3 Å². The topological polar surface area (TPSA) is 51.2 Å². The third kappa shape index (κ3) is 6.71. The monoisotopic (exact) mass is 416 g/mol. The van der Waals surface area contributed by atoms with E-state index in [1.54, 1.807) is 19.1 Å². The second kappa shape index (κ2) is 8.86. The maximum Gasteiger partial charge on any atom is 0.416 e.